The standard InChI is InChI=1S/C14H9FN4OS2/c15-9-3-5-10(6-4-9)20-8-12-16-17-14-19(12)18-13(22-14)11-2-1-7-21-11/h1-7H,8H2. The molecule has 3 aromatic heterocycles. The Labute approximate surface area is 132 Å². The van der Waals surface area contributed by atoms with Crippen LogP contribution in [0.25, 0.3) is 14.8 Å². The van der Waals surface area contributed by atoms with Gasteiger partial charge in [0, 0.05) is 0 Å². The molecule has 0 aliphatic rings. The Hall–Kier alpha value is -2.32. The monoisotopic (exact) mass is 332 g/mol. The summed E-state index contributed by atoms with van der Waals surface area (Å²) in [5.74, 6) is 0.891. The summed E-state index contributed by atoms with van der Waals surface area (Å²) in [5.41, 5.74) is 0. The normalized spacial score (nSPS) is 11.1. The molecule has 5 nitrogen and oxygen atoms in total. The van der Waals surface area contributed by atoms with E-state index in [-0.39, 0.29) is 12.4 Å². The summed E-state index contributed by atoms with van der Waals surface area (Å²) in [7, 11) is 0. The lowest BCUT2D eigenvalue weighted by Crippen LogP contribution is -2.02. The van der Waals surface area contributed by atoms with Crippen molar-refractivity contribution in [2.45, 2.75) is 6.61 Å². The fourth-order valence-corrected chi connectivity index (χ4v) is 3.58. The van der Waals surface area contributed by atoms with Gasteiger partial charge >= 0.3 is 0 Å². The third kappa shape index (κ3) is 2.46. The first kappa shape index (κ1) is 13.4. The van der Waals surface area contributed by atoms with Gasteiger partial charge in [-0.25, -0.2) is 4.39 Å². The third-order valence-corrected chi connectivity index (χ3v) is 4.91. The number of halogens is 1. The molecular weight excluding hydrogens is 323 g/mol. The van der Waals surface area contributed by atoms with E-state index in [0.29, 0.717) is 11.6 Å². The molecule has 0 aliphatic carbocycles. The van der Waals surface area contributed by atoms with Gasteiger partial charge in [-0.15, -0.1) is 21.5 Å². The molecule has 4 aromatic rings. The van der Waals surface area contributed by atoms with Crippen molar-refractivity contribution in [2.75, 3.05) is 0 Å². The molecule has 8 heteroatoms. The third-order valence-electron chi connectivity index (χ3n) is 2.97. The van der Waals surface area contributed by atoms with E-state index < -0.39 is 0 Å². The predicted octanol–water partition coefficient (Wildman–Crippen LogP) is 3.63. The van der Waals surface area contributed by atoms with Crippen LogP contribution >= 0.6 is 22.7 Å². The molecule has 110 valence electrons. The first-order valence-corrected chi connectivity index (χ1v) is 8.12. The molecule has 0 saturated heterocycles. The van der Waals surface area contributed by atoms with Crippen LogP contribution in [0.15, 0.2) is 41.8 Å². The number of benzene rings is 1. The maximum absolute atomic E-state index is 12.9. The highest BCUT2D eigenvalue weighted by atomic mass is 32.1. The fourth-order valence-electron chi connectivity index (χ4n) is 1.93. The lowest BCUT2D eigenvalue weighted by Gasteiger charge is -2.03. The molecule has 0 unspecified atom stereocenters. The van der Waals surface area contributed by atoms with Gasteiger partial charge in [-0.1, -0.05) is 17.4 Å². The van der Waals surface area contributed by atoms with Gasteiger partial charge in [0.1, 0.15) is 18.2 Å². The van der Waals surface area contributed by atoms with Crippen LogP contribution in [0.5, 0.6) is 5.75 Å². The SMILES string of the molecule is Fc1ccc(OCc2nnc3sc(-c4cccs4)nn23)cc1. The topological polar surface area (TPSA) is 52.3 Å². The van der Waals surface area contributed by atoms with Crippen LogP contribution in [0, 0.1) is 5.82 Å². The summed E-state index contributed by atoms with van der Waals surface area (Å²) >= 11 is 3.11. The Balaban J connectivity index is 1.58. The van der Waals surface area contributed by atoms with Gasteiger partial charge in [0.05, 0.1) is 4.88 Å². The molecule has 0 bridgehead atoms. The number of hydrogen-bond acceptors (Lipinski definition) is 6. The van der Waals surface area contributed by atoms with Crippen molar-refractivity contribution in [3.63, 3.8) is 0 Å². The lowest BCUT2D eigenvalue weighted by molar-refractivity contribution is 0.292. The number of ether oxygens (including phenoxy) is 1. The van der Waals surface area contributed by atoms with Crippen molar-refractivity contribution < 1.29 is 9.13 Å². The van der Waals surface area contributed by atoms with Crippen LogP contribution in [0.2, 0.25) is 0 Å². The Kier molecular flexibility index (Phi) is 3.32. The van der Waals surface area contributed by atoms with Crippen LogP contribution in [-0.2, 0) is 6.61 Å². The minimum absolute atomic E-state index is 0.223. The van der Waals surface area contributed by atoms with Crippen LogP contribution in [0.3, 0.4) is 0 Å². The Morgan fingerprint density at radius 1 is 1.14 bits per heavy atom. The molecule has 0 saturated carbocycles. The molecular formula is C14H9FN4OS2. The Morgan fingerprint density at radius 3 is 2.77 bits per heavy atom. The highest BCUT2D eigenvalue weighted by molar-refractivity contribution is 7.23. The second kappa shape index (κ2) is 5.47. The van der Waals surface area contributed by atoms with E-state index in [4.69, 9.17) is 4.74 Å². The van der Waals surface area contributed by atoms with E-state index in [1.54, 1.807) is 28.0 Å². The molecule has 1 aromatic carbocycles. The van der Waals surface area contributed by atoms with Gasteiger partial charge in [-0.05, 0) is 35.7 Å². The smallest absolute Gasteiger partial charge is 0.235 e. The molecule has 3 heterocycles. The van der Waals surface area contributed by atoms with E-state index in [1.165, 1.54) is 23.5 Å². The second-order valence-corrected chi connectivity index (χ2v) is 6.34. The van der Waals surface area contributed by atoms with E-state index in [1.807, 2.05) is 17.5 Å². The van der Waals surface area contributed by atoms with Gasteiger partial charge in [-0.3, -0.25) is 0 Å². The van der Waals surface area contributed by atoms with Gasteiger partial charge in [-0.2, -0.15) is 9.61 Å². The van der Waals surface area contributed by atoms with Crippen LogP contribution in [-0.4, -0.2) is 19.8 Å². The minimum Gasteiger partial charge on any atom is -0.486 e. The van der Waals surface area contributed by atoms with Gasteiger partial charge < -0.3 is 4.74 Å². The number of nitrogens with zero attached hydrogens (tertiary/aromatic N) is 4. The number of fused-ring (bicyclic) bond motifs is 1. The van der Waals surface area contributed by atoms with E-state index in [0.717, 1.165) is 14.8 Å². The largest absolute Gasteiger partial charge is 0.486 e. The van der Waals surface area contributed by atoms with Crippen LogP contribution in [0.4, 0.5) is 4.39 Å². The summed E-state index contributed by atoms with van der Waals surface area (Å²) in [6.07, 6.45) is 0. The molecule has 0 N–H and O–H groups in total. The number of hydrogen-bond donors (Lipinski definition) is 0. The summed E-state index contributed by atoms with van der Waals surface area (Å²) in [5, 5.41) is 15.6. The molecule has 0 atom stereocenters. The van der Waals surface area contributed by atoms with E-state index in [9.17, 15) is 4.39 Å². The maximum Gasteiger partial charge on any atom is 0.235 e. The van der Waals surface area contributed by atoms with Gasteiger partial charge in [0.15, 0.2) is 10.8 Å². The van der Waals surface area contributed by atoms with Crippen molar-refractivity contribution in [3.05, 3.63) is 53.4 Å². The van der Waals surface area contributed by atoms with Crippen molar-refractivity contribution in [1.82, 2.24) is 19.8 Å². The van der Waals surface area contributed by atoms with E-state index >= 15 is 0 Å². The predicted molar refractivity (Wildman–Crippen MR) is 82.7 cm³/mol. The number of aromatic nitrogens is 4. The highest BCUT2D eigenvalue weighted by Gasteiger charge is 2.13. The summed E-state index contributed by atoms with van der Waals surface area (Å²) in [6, 6.07) is 9.86. The summed E-state index contributed by atoms with van der Waals surface area (Å²) in [4.78, 5) is 1.82. The zero-order chi connectivity index (χ0) is 14.9. The zero-order valence-electron chi connectivity index (χ0n) is 11.1. The van der Waals surface area contributed by atoms with Crippen molar-refractivity contribution in [1.29, 1.82) is 0 Å². The maximum atomic E-state index is 12.9. The average molecular weight is 332 g/mol. The first-order chi connectivity index (χ1) is 10.8. The fraction of sp³-hybridized carbons (Fsp3) is 0.0714. The molecule has 22 heavy (non-hydrogen) atoms. The quantitative estimate of drug-likeness (QED) is 0.573. The van der Waals surface area contributed by atoms with Crippen molar-refractivity contribution >= 4 is 27.6 Å². The molecule has 0 radical (unpaired) electrons. The molecule has 4 rings (SSSR count). The first-order valence-electron chi connectivity index (χ1n) is 6.43. The lowest BCUT2D eigenvalue weighted by atomic mass is 10.3. The average Bonchev–Trinajstić information content (AvgIpc) is 3.23. The minimum atomic E-state index is -0.294. The van der Waals surface area contributed by atoms with Crippen molar-refractivity contribution in [2.24, 2.45) is 0 Å². The van der Waals surface area contributed by atoms with Crippen LogP contribution < -0.4 is 4.74 Å². The highest BCUT2D eigenvalue weighted by Crippen LogP contribution is 2.29. The number of rotatable bonds is 4. The molecule has 0 spiro atoms. The summed E-state index contributed by atoms with van der Waals surface area (Å²) in [6.45, 7) is 0.223. The Morgan fingerprint density at radius 2 is 2.00 bits per heavy atom. The van der Waals surface area contributed by atoms with Crippen LogP contribution in [0.1, 0.15) is 5.82 Å². The molecule has 0 fully saturated rings. The zero-order valence-corrected chi connectivity index (χ0v) is 12.8. The molecule has 0 aliphatic heterocycles. The van der Waals surface area contributed by atoms with Gasteiger partial charge in [0.2, 0.25) is 4.96 Å². The second-order valence-electron chi connectivity index (χ2n) is 4.44. The van der Waals surface area contributed by atoms with Crippen molar-refractivity contribution in [3.8, 4) is 15.6 Å². The number of thiophene rings is 1. The summed E-state index contributed by atoms with van der Waals surface area (Å²) < 4.78 is 20.1. The Bertz CT molecular complexity index is 899. The van der Waals surface area contributed by atoms with E-state index in [2.05, 4.69) is 15.3 Å². The molecule has 0 amide bonds. The van der Waals surface area contributed by atoms with Gasteiger partial charge in [0.25, 0.3) is 0 Å².